The van der Waals surface area contributed by atoms with Crippen LogP contribution in [-0.4, -0.2) is 35.0 Å². The third-order valence-corrected chi connectivity index (χ3v) is 4.68. The average Bonchev–Trinajstić information content (AvgIpc) is 2.90. The standard InChI is InChI=1S/C17H24N4O/c1-11(2)21-7-5-12(6-8-21)15-10-19-16-4-3-13(9-14(15)16)20-17(18)22/h3-4,9-12,19H,5-8H2,1-2H3,(H3,18,20,22). The molecule has 1 aliphatic rings. The molecule has 0 aliphatic carbocycles. The van der Waals surface area contributed by atoms with Crippen LogP contribution in [0.15, 0.2) is 24.4 Å². The summed E-state index contributed by atoms with van der Waals surface area (Å²) < 4.78 is 0. The van der Waals surface area contributed by atoms with E-state index in [1.165, 1.54) is 23.8 Å². The Morgan fingerprint density at radius 3 is 2.73 bits per heavy atom. The van der Waals surface area contributed by atoms with Crippen LogP contribution in [0, 0.1) is 0 Å². The van der Waals surface area contributed by atoms with Crippen molar-refractivity contribution >= 4 is 22.6 Å². The van der Waals surface area contributed by atoms with Gasteiger partial charge >= 0.3 is 6.03 Å². The molecule has 1 aliphatic heterocycles. The van der Waals surface area contributed by atoms with Gasteiger partial charge in [-0.2, -0.15) is 0 Å². The van der Waals surface area contributed by atoms with E-state index < -0.39 is 6.03 Å². The Morgan fingerprint density at radius 1 is 1.36 bits per heavy atom. The van der Waals surface area contributed by atoms with Crippen molar-refractivity contribution in [3.05, 3.63) is 30.0 Å². The maximum atomic E-state index is 11.0. The van der Waals surface area contributed by atoms with Crippen LogP contribution in [0.25, 0.3) is 10.9 Å². The average molecular weight is 300 g/mol. The number of carbonyl (C=O) groups is 1. The number of urea groups is 1. The number of amides is 2. The van der Waals surface area contributed by atoms with E-state index >= 15 is 0 Å². The number of primary amides is 1. The minimum Gasteiger partial charge on any atom is -0.361 e. The summed E-state index contributed by atoms with van der Waals surface area (Å²) in [5.74, 6) is 0.576. The molecule has 2 amide bonds. The van der Waals surface area contributed by atoms with E-state index in [4.69, 9.17) is 5.73 Å². The Labute approximate surface area is 130 Å². The molecule has 1 fully saturated rings. The van der Waals surface area contributed by atoms with E-state index in [0.29, 0.717) is 12.0 Å². The van der Waals surface area contributed by atoms with Crippen LogP contribution in [0.3, 0.4) is 0 Å². The van der Waals surface area contributed by atoms with Gasteiger partial charge in [0, 0.05) is 28.8 Å². The molecular weight excluding hydrogens is 276 g/mol. The van der Waals surface area contributed by atoms with E-state index in [9.17, 15) is 4.79 Å². The third kappa shape index (κ3) is 2.95. The van der Waals surface area contributed by atoms with Gasteiger partial charge in [-0.1, -0.05) is 0 Å². The van der Waals surface area contributed by atoms with Gasteiger partial charge in [-0.05, 0) is 69.5 Å². The zero-order chi connectivity index (χ0) is 15.7. The molecule has 0 unspecified atom stereocenters. The van der Waals surface area contributed by atoms with Crippen LogP contribution in [0.1, 0.15) is 38.2 Å². The lowest BCUT2D eigenvalue weighted by molar-refractivity contribution is 0.172. The second kappa shape index (κ2) is 6.01. The second-order valence-corrected chi connectivity index (χ2v) is 6.40. The number of likely N-dealkylation sites (tertiary alicyclic amines) is 1. The number of H-pyrrole nitrogens is 1. The molecule has 0 spiro atoms. The van der Waals surface area contributed by atoms with Crippen molar-refractivity contribution < 1.29 is 4.79 Å². The number of carbonyl (C=O) groups excluding carboxylic acids is 1. The summed E-state index contributed by atoms with van der Waals surface area (Å²) in [6.45, 7) is 6.81. The molecule has 2 aromatic rings. The van der Waals surface area contributed by atoms with Gasteiger partial charge in [-0.15, -0.1) is 0 Å². The highest BCUT2D eigenvalue weighted by Gasteiger charge is 2.24. The normalized spacial score (nSPS) is 17.2. The lowest BCUT2D eigenvalue weighted by Crippen LogP contribution is -2.37. The van der Waals surface area contributed by atoms with E-state index in [1.54, 1.807) is 0 Å². The molecule has 0 bridgehead atoms. The number of nitrogens with two attached hydrogens (primary N) is 1. The summed E-state index contributed by atoms with van der Waals surface area (Å²) in [6.07, 6.45) is 4.48. The van der Waals surface area contributed by atoms with Gasteiger partial charge in [0.25, 0.3) is 0 Å². The van der Waals surface area contributed by atoms with Crippen molar-refractivity contribution in [2.24, 2.45) is 5.73 Å². The highest BCUT2D eigenvalue weighted by atomic mass is 16.2. The first-order chi connectivity index (χ1) is 10.5. The fourth-order valence-electron chi connectivity index (χ4n) is 3.43. The summed E-state index contributed by atoms with van der Waals surface area (Å²) in [4.78, 5) is 16.9. The quantitative estimate of drug-likeness (QED) is 0.814. The summed E-state index contributed by atoms with van der Waals surface area (Å²) in [5.41, 5.74) is 8.42. The van der Waals surface area contributed by atoms with Crippen molar-refractivity contribution in [1.82, 2.24) is 9.88 Å². The molecular formula is C17H24N4O. The molecule has 1 saturated heterocycles. The molecule has 1 aromatic heterocycles. The zero-order valence-corrected chi connectivity index (χ0v) is 13.2. The van der Waals surface area contributed by atoms with E-state index in [1.807, 2.05) is 18.2 Å². The van der Waals surface area contributed by atoms with Gasteiger partial charge in [0.05, 0.1) is 0 Å². The highest BCUT2D eigenvalue weighted by Crippen LogP contribution is 2.34. The Kier molecular flexibility index (Phi) is 4.07. The summed E-state index contributed by atoms with van der Waals surface area (Å²) >= 11 is 0. The second-order valence-electron chi connectivity index (χ2n) is 6.40. The number of fused-ring (bicyclic) bond motifs is 1. The number of nitrogens with one attached hydrogen (secondary N) is 2. The molecule has 4 N–H and O–H groups in total. The molecule has 0 radical (unpaired) electrons. The van der Waals surface area contributed by atoms with Gasteiger partial charge in [-0.3, -0.25) is 0 Å². The van der Waals surface area contributed by atoms with Gasteiger partial charge in [0.15, 0.2) is 0 Å². The largest absolute Gasteiger partial charge is 0.361 e. The third-order valence-electron chi connectivity index (χ3n) is 4.68. The molecule has 1 aromatic carbocycles. The lowest BCUT2D eigenvalue weighted by Gasteiger charge is -2.34. The van der Waals surface area contributed by atoms with Crippen molar-refractivity contribution in [2.75, 3.05) is 18.4 Å². The van der Waals surface area contributed by atoms with Gasteiger partial charge in [-0.25, -0.2) is 4.79 Å². The number of nitrogens with zero attached hydrogens (tertiary/aromatic N) is 1. The maximum absolute atomic E-state index is 11.0. The van der Waals surface area contributed by atoms with E-state index in [-0.39, 0.29) is 0 Å². The Balaban J connectivity index is 1.83. The Hall–Kier alpha value is -2.01. The SMILES string of the molecule is CC(C)N1CCC(c2c[nH]c3ccc(NC(N)=O)cc23)CC1. The van der Waals surface area contributed by atoms with E-state index in [2.05, 4.69) is 35.2 Å². The molecule has 0 atom stereocenters. The van der Waals surface area contributed by atoms with Crippen LogP contribution in [0.5, 0.6) is 0 Å². The highest BCUT2D eigenvalue weighted by molar-refractivity contribution is 5.93. The monoisotopic (exact) mass is 300 g/mol. The van der Waals surface area contributed by atoms with Gasteiger partial charge < -0.3 is 20.9 Å². The summed E-state index contributed by atoms with van der Waals surface area (Å²) in [6, 6.07) is 5.97. The first-order valence-electron chi connectivity index (χ1n) is 7.96. The number of benzene rings is 1. The molecule has 118 valence electrons. The number of anilines is 1. The van der Waals surface area contributed by atoms with Crippen LogP contribution < -0.4 is 11.1 Å². The first kappa shape index (κ1) is 14.9. The zero-order valence-electron chi connectivity index (χ0n) is 13.2. The summed E-state index contributed by atoms with van der Waals surface area (Å²) in [7, 11) is 0. The smallest absolute Gasteiger partial charge is 0.316 e. The number of aromatic nitrogens is 1. The van der Waals surface area contributed by atoms with Crippen LogP contribution in [0.2, 0.25) is 0 Å². The molecule has 0 saturated carbocycles. The van der Waals surface area contributed by atoms with Crippen molar-refractivity contribution in [3.8, 4) is 0 Å². The van der Waals surface area contributed by atoms with Crippen LogP contribution in [-0.2, 0) is 0 Å². The molecule has 3 rings (SSSR count). The minimum atomic E-state index is -0.526. The topological polar surface area (TPSA) is 74.2 Å². The molecule has 22 heavy (non-hydrogen) atoms. The number of rotatable bonds is 3. The summed E-state index contributed by atoms with van der Waals surface area (Å²) in [5, 5.41) is 3.84. The number of hydrogen-bond donors (Lipinski definition) is 3. The number of hydrogen-bond acceptors (Lipinski definition) is 2. The van der Waals surface area contributed by atoms with E-state index in [0.717, 1.165) is 24.3 Å². The van der Waals surface area contributed by atoms with Crippen molar-refractivity contribution in [3.63, 3.8) is 0 Å². The molecule has 5 nitrogen and oxygen atoms in total. The predicted molar refractivity (Wildman–Crippen MR) is 90.2 cm³/mol. The van der Waals surface area contributed by atoms with Gasteiger partial charge in [0.2, 0.25) is 0 Å². The fraction of sp³-hybridized carbons (Fsp3) is 0.471. The van der Waals surface area contributed by atoms with Crippen molar-refractivity contribution in [1.29, 1.82) is 0 Å². The van der Waals surface area contributed by atoms with Crippen molar-refractivity contribution in [2.45, 2.75) is 38.6 Å². The Bertz CT molecular complexity index is 668. The van der Waals surface area contributed by atoms with Gasteiger partial charge in [0.1, 0.15) is 0 Å². The fourth-order valence-corrected chi connectivity index (χ4v) is 3.43. The number of piperidine rings is 1. The minimum absolute atomic E-state index is 0.526. The predicted octanol–water partition coefficient (Wildman–Crippen LogP) is 3.25. The Morgan fingerprint density at radius 2 is 2.09 bits per heavy atom. The number of aromatic amines is 1. The molecule has 2 heterocycles. The van der Waals surface area contributed by atoms with Crippen LogP contribution >= 0.6 is 0 Å². The maximum Gasteiger partial charge on any atom is 0.316 e. The lowest BCUT2D eigenvalue weighted by atomic mass is 9.88. The van der Waals surface area contributed by atoms with Crippen LogP contribution in [0.4, 0.5) is 10.5 Å². The first-order valence-corrected chi connectivity index (χ1v) is 7.96. The molecule has 5 heteroatoms.